The molecule has 0 bridgehead atoms. The van der Waals surface area contributed by atoms with Crippen LogP contribution in [0.15, 0.2) is 12.1 Å². The molecule has 1 saturated carbocycles. The summed E-state index contributed by atoms with van der Waals surface area (Å²) >= 11 is 0. The third-order valence-electron chi connectivity index (χ3n) is 8.27. The Labute approximate surface area is 181 Å². The van der Waals surface area contributed by atoms with Crippen molar-refractivity contribution < 1.29 is 14.3 Å². The second-order valence-electron chi connectivity index (χ2n) is 10.7. The maximum absolute atomic E-state index is 13.1. The van der Waals surface area contributed by atoms with Crippen molar-refractivity contribution in [3.05, 3.63) is 28.8 Å². The molecule has 30 heavy (non-hydrogen) atoms. The van der Waals surface area contributed by atoms with Gasteiger partial charge in [-0.2, -0.15) is 0 Å². The Balaban J connectivity index is 1.43. The highest BCUT2D eigenvalue weighted by Gasteiger charge is 2.52. The number of benzene rings is 1. The van der Waals surface area contributed by atoms with Crippen molar-refractivity contribution in [2.45, 2.75) is 84.0 Å². The van der Waals surface area contributed by atoms with Gasteiger partial charge in [0.2, 0.25) is 6.29 Å². The van der Waals surface area contributed by atoms with E-state index in [9.17, 15) is 4.79 Å². The van der Waals surface area contributed by atoms with Crippen LogP contribution in [0.3, 0.4) is 0 Å². The van der Waals surface area contributed by atoms with E-state index in [4.69, 9.17) is 9.47 Å². The van der Waals surface area contributed by atoms with E-state index in [1.54, 1.807) is 0 Å². The van der Waals surface area contributed by atoms with Crippen molar-refractivity contribution in [3.63, 3.8) is 0 Å². The van der Waals surface area contributed by atoms with Crippen molar-refractivity contribution in [1.82, 2.24) is 0 Å². The van der Waals surface area contributed by atoms with Gasteiger partial charge in [-0.1, -0.05) is 39.3 Å². The fourth-order valence-corrected chi connectivity index (χ4v) is 6.66. The second-order valence-corrected chi connectivity index (χ2v) is 10.7. The minimum absolute atomic E-state index is 0.0833. The van der Waals surface area contributed by atoms with Crippen LogP contribution >= 0.6 is 0 Å². The fourth-order valence-electron chi connectivity index (χ4n) is 6.66. The molecule has 5 rings (SSSR count). The van der Waals surface area contributed by atoms with Gasteiger partial charge in [-0.15, -0.1) is 0 Å². The van der Waals surface area contributed by atoms with Crippen LogP contribution in [0.25, 0.3) is 0 Å². The lowest BCUT2D eigenvalue weighted by atomic mass is 9.75. The monoisotopic (exact) mass is 411 g/mol. The van der Waals surface area contributed by atoms with Gasteiger partial charge < -0.3 is 14.4 Å². The molecule has 2 aliphatic carbocycles. The zero-order chi connectivity index (χ0) is 21.0. The van der Waals surface area contributed by atoms with Crippen LogP contribution in [0, 0.1) is 23.7 Å². The van der Waals surface area contributed by atoms with Crippen LogP contribution in [0.1, 0.15) is 75.5 Å². The van der Waals surface area contributed by atoms with Gasteiger partial charge in [0, 0.05) is 19.3 Å². The zero-order valence-corrected chi connectivity index (χ0v) is 19.0. The molecule has 4 nitrogen and oxygen atoms in total. The molecule has 0 spiro atoms. The predicted octanol–water partition coefficient (Wildman–Crippen LogP) is 5.08. The van der Waals surface area contributed by atoms with E-state index < -0.39 is 6.29 Å². The Bertz CT molecular complexity index is 819. The summed E-state index contributed by atoms with van der Waals surface area (Å²) in [5.74, 6) is 1.66. The standard InChI is InChI=1S/C26H37NO3/c1-15(2)18-11-9-16(3)13-22(18)29-26-21-14-27(4)24-19-8-6-5-7-17(19)10-12-20(24)23(21)25(28)30-26/h10,12,15-16,18,21-23,26H,5-9,11,13-14H2,1-4H3/t16-,18+,21+,22-,23-,26-/m1/s1. The van der Waals surface area contributed by atoms with Crippen molar-refractivity contribution >= 4 is 11.7 Å². The highest BCUT2D eigenvalue weighted by Crippen LogP contribution is 2.49. The molecule has 1 aromatic rings. The van der Waals surface area contributed by atoms with Gasteiger partial charge in [0.25, 0.3) is 0 Å². The minimum Gasteiger partial charge on any atom is -0.435 e. The molecule has 4 aliphatic rings. The summed E-state index contributed by atoms with van der Waals surface area (Å²) in [6.07, 6.45) is 8.17. The van der Waals surface area contributed by atoms with E-state index >= 15 is 0 Å². The van der Waals surface area contributed by atoms with E-state index in [2.05, 4.69) is 44.9 Å². The van der Waals surface area contributed by atoms with Crippen molar-refractivity contribution in [3.8, 4) is 0 Å². The van der Waals surface area contributed by atoms with E-state index in [0.717, 1.165) is 25.8 Å². The van der Waals surface area contributed by atoms with Gasteiger partial charge in [-0.25, -0.2) is 0 Å². The molecule has 4 heteroatoms. The average molecular weight is 412 g/mol. The first-order valence-electron chi connectivity index (χ1n) is 12.2. The molecule has 2 aliphatic heterocycles. The first-order valence-corrected chi connectivity index (χ1v) is 12.2. The van der Waals surface area contributed by atoms with Gasteiger partial charge in [0.05, 0.1) is 17.9 Å². The largest absolute Gasteiger partial charge is 0.435 e. The van der Waals surface area contributed by atoms with Gasteiger partial charge >= 0.3 is 5.97 Å². The summed E-state index contributed by atoms with van der Waals surface area (Å²) in [6, 6.07) is 4.47. The normalized spacial score (nSPS) is 35.6. The Morgan fingerprint density at radius 1 is 1.17 bits per heavy atom. The maximum Gasteiger partial charge on any atom is 0.316 e. The topological polar surface area (TPSA) is 38.8 Å². The molecular formula is C26H37NO3. The SMILES string of the molecule is CC(C)[C@@H]1CC[C@@H](C)C[C@H]1O[C@@H]1OC(=O)[C@@H]2c3ccc4c(c3N(C)C[C@H]12)CCCC4. The number of cyclic esters (lactones) is 1. The summed E-state index contributed by atoms with van der Waals surface area (Å²) in [6.45, 7) is 7.76. The lowest BCUT2D eigenvalue weighted by Gasteiger charge is -2.41. The molecule has 1 aromatic carbocycles. The van der Waals surface area contributed by atoms with Crippen LogP contribution in [-0.4, -0.2) is 32.0 Å². The van der Waals surface area contributed by atoms with Crippen molar-refractivity contribution in [2.75, 3.05) is 18.5 Å². The molecule has 0 unspecified atom stereocenters. The average Bonchev–Trinajstić information content (AvgIpc) is 3.02. The van der Waals surface area contributed by atoms with Gasteiger partial charge in [0.1, 0.15) is 0 Å². The highest BCUT2D eigenvalue weighted by atomic mass is 16.7. The first-order chi connectivity index (χ1) is 14.4. The number of fused-ring (bicyclic) bond motifs is 5. The third kappa shape index (κ3) is 3.36. The number of carbonyl (C=O) groups is 1. The van der Waals surface area contributed by atoms with Crippen LogP contribution < -0.4 is 4.90 Å². The molecule has 0 aromatic heterocycles. The third-order valence-corrected chi connectivity index (χ3v) is 8.27. The smallest absolute Gasteiger partial charge is 0.316 e. The lowest BCUT2D eigenvalue weighted by molar-refractivity contribution is -0.195. The Hall–Kier alpha value is -1.55. The first kappa shape index (κ1) is 20.4. The van der Waals surface area contributed by atoms with Crippen molar-refractivity contribution in [2.24, 2.45) is 23.7 Å². The van der Waals surface area contributed by atoms with Crippen LogP contribution in [0.2, 0.25) is 0 Å². The highest BCUT2D eigenvalue weighted by molar-refractivity contribution is 5.85. The predicted molar refractivity (Wildman–Crippen MR) is 119 cm³/mol. The molecule has 1 saturated heterocycles. The summed E-state index contributed by atoms with van der Waals surface area (Å²) in [5.41, 5.74) is 5.42. The molecular weight excluding hydrogens is 374 g/mol. The van der Waals surface area contributed by atoms with Gasteiger partial charge in [0.15, 0.2) is 0 Å². The number of esters is 1. The van der Waals surface area contributed by atoms with Crippen LogP contribution in [-0.2, 0) is 27.1 Å². The van der Waals surface area contributed by atoms with E-state index in [0.29, 0.717) is 17.8 Å². The maximum atomic E-state index is 13.1. The molecule has 0 radical (unpaired) electrons. The number of hydrogen-bond donors (Lipinski definition) is 0. The van der Waals surface area contributed by atoms with Gasteiger partial charge in [-0.3, -0.25) is 4.79 Å². The summed E-state index contributed by atoms with van der Waals surface area (Å²) in [7, 11) is 2.18. The van der Waals surface area contributed by atoms with E-state index in [1.807, 2.05) is 0 Å². The zero-order valence-electron chi connectivity index (χ0n) is 19.0. The van der Waals surface area contributed by atoms with Crippen LogP contribution in [0.4, 0.5) is 5.69 Å². The lowest BCUT2D eigenvalue weighted by Crippen LogP contribution is -2.43. The van der Waals surface area contributed by atoms with E-state index in [1.165, 1.54) is 48.1 Å². The summed E-state index contributed by atoms with van der Waals surface area (Å²) in [5, 5.41) is 0. The van der Waals surface area contributed by atoms with Gasteiger partial charge in [-0.05, 0) is 73.0 Å². The molecule has 2 fully saturated rings. The number of anilines is 1. The second kappa shape index (κ2) is 7.85. The molecule has 6 atom stereocenters. The quantitative estimate of drug-likeness (QED) is 0.651. The molecule has 164 valence electrons. The fraction of sp³-hybridized carbons (Fsp3) is 0.731. The Morgan fingerprint density at radius 3 is 2.77 bits per heavy atom. The Kier molecular flexibility index (Phi) is 5.33. The van der Waals surface area contributed by atoms with E-state index in [-0.39, 0.29) is 23.9 Å². The van der Waals surface area contributed by atoms with Crippen LogP contribution in [0.5, 0.6) is 0 Å². The summed E-state index contributed by atoms with van der Waals surface area (Å²) < 4.78 is 12.6. The summed E-state index contributed by atoms with van der Waals surface area (Å²) in [4.78, 5) is 15.4. The number of hydrogen-bond acceptors (Lipinski definition) is 4. The molecule has 0 N–H and O–H groups in total. The number of carbonyl (C=O) groups excluding carboxylic acids is 1. The Morgan fingerprint density at radius 2 is 1.97 bits per heavy atom. The number of aryl methyl sites for hydroxylation is 1. The molecule has 2 heterocycles. The minimum atomic E-state index is -0.411. The number of ether oxygens (including phenoxy) is 2. The number of rotatable bonds is 3. The molecule has 0 amide bonds. The number of nitrogens with zero attached hydrogens (tertiary/aromatic N) is 1. The van der Waals surface area contributed by atoms with Crippen molar-refractivity contribution in [1.29, 1.82) is 0 Å².